The first-order valence-corrected chi connectivity index (χ1v) is 11.6. The molecule has 2 atom stereocenters. The number of benzene rings is 3. The molecule has 0 fully saturated rings. The molecule has 34 heavy (non-hydrogen) atoms. The van der Waals surface area contributed by atoms with Crippen molar-refractivity contribution in [2.24, 2.45) is 5.92 Å². The standard InChI is InChI=1S/C27H29N5O2/c1-4-14(2)9-15(3)16-5-7-20-22(10-16)31-26(29-20)18-12-25(34)19(13-24(18)33)27-30-21-8-6-17(28)11-23(21)32-27/h5-8,10-15,33-34H,4,9,28H2,1-3H3,(H,29,31)(H,30,32)/t14-,15?/m1/s1. The molecule has 0 aliphatic carbocycles. The first-order chi connectivity index (χ1) is 16.3. The third-order valence-electron chi connectivity index (χ3n) is 6.66. The molecule has 5 aromatic rings. The van der Waals surface area contributed by atoms with Crippen molar-refractivity contribution in [1.29, 1.82) is 0 Å². The Labute approximate surface area is 197 Å². The SMILES string of the molecule is CC[C@@H](C)CC(C)c1ccc2nc(-c3cc(O)c(-c4nc5ccc(N)cc5[nH]4)cc3O)[nH]c2c1. The molecule has 2 aromatic heterocycles. The van der Waals surface area contributed by atoms with Gasteiger partial charge in [-0.25, -0.2) is 9.97 Å². The maximum atomic E-state index is 10.8. The van der Waals surface area contributed by atoms with Gasteiger partial charge >= 0.3 is 0 Å². The number of rotatable bonds is 6. The van der Waals surface area contributed by atoms with E-state index in [9.17, 15) is 10.2 Å². The van der Waals surface area contributed by atoms with Crippen LogP contribution in [0.25, 0.3) is 44.8 Å². The average Bonchev–Trinajstić information content (AvgIpc) is 3.43. The molecule has 3 aromatic carbocycles. The van der Waals surface area contributed by atoms with Crippen molar-refractivity contribution >= 4 is 27.8 Å². The predicted octanol–water partition coefficient (Wildman–Crippen LogP) is 6.31. The molecule has 2 heterocycles. The maximum Gasteiger partial charge on any atom is 0.142 e. The van der Waals surface area contributed by atoms with Crippen LogP contribution in [0.3, 0.4) is 0 Å². The van der Waals surface area contributed by atoms with Crippen molar-refractivity contribution in [2.45, 2.75) is 39.5 Å². The number of anilines is 1. The Morgan fingerprint density at radius 2 is 1.38 bits per heavy atom. The van der Waals surface area contributed by atoms with Crippen LogP contribution < -0.4 is 5.73 Å². The van der Waals surface area contributed by atoms with E-state index in [4.69, 9.17) is 5.73 Å². The van der Waals surface area contributed by atoms with Gasteiger partial charge in [-0.05, 0) is 66.3 Å². The number of hydrogen-bond donors (Lipinski definition) is 5. The van der Waals surface area contributed by atoms with E-state index in [2.05, 4.69) is 52.8 Å². The minimum absolute atomic E-state index is 0.00260. The van der Waals surface area contributed by atoms with Crippen LogP contribution in [0.5, 0.6) is 11.5 Å². The van der Waals surface area contributed by atoms with Crippen LogP contribution in [-0.2, 0) is 0 Å². The Morgan fingerprint density at radius 1 is 0.824 bits per heavy atom. The number of aromatic nitrogens is 4. The van der Waals surface area contributed by atoms with E-state index in [0.29, 0.717) is 40.3 Å². The predicted molar refractivity (Wildman–Crippen MR) is 137 cm³/mol. The normalized spacial score (nSPS) is 13.5. The zero-order valence-corrected chi connectivity index (χ0v) is 19.6. The van der Waals surface area contributed by atoms with Gasteiger partial charge in [-0.3, -0.25) is 0 Å². The van der Waals surface area contributed by atoms with Gasteiger partial charge in [0.15, 0.2) is 0 Å². The number of nitrogens with one attached hydrogen (secondary N) is 2. The maximum absolute atomic E-state index is 10.8. The van der Waals surface area contributed by atoms with Gasteiger partial charge in [0.2, 0.25) is 0 Å². The number of nitrogens with two attached hydrogens (primary N) is 1. The fraction of sp³-hybridized carbons (Fsp3) is 0.259. The number of phenols is 2. The number of fused-ring (bicyclic) bond motifs is 2. The zero-order chi connectivity index (χ0) is 24.0. The van der Waals surface area contributed by atoms with Crippen LogP contribution in [0.4, 0.5) is 5.69 Å². The van der Waals surface area contributed by atoms with Crippen LogP contribution >= 0.6 is 0 Å². The van der Waals surface area contributed by atoms with Gasteiger partial charge in [0.05, 0.1) is 33.2 Å². The number of phenolic OH excluding ortho intramolecular Hbond substituents is 2. The summed E-state index contributed by atoms with van der Waals surface area (Å²) in [6, 6.07) is 14.6. The van der Waals surface area contributed by atoms with Crippen molar-refractivity contribution in [3.05, 3.63) is 54.1 Å². The van der Waals surface area contributed by atoms with Crippen molar-refractivity contribution in [3.8, 4) is 34.3 Å². The van der Waals surface area contributed by atoms with E-state index in [-0.39, 0.29) is 11.5 Å². The lowest BCUT2D eigenvalue weighted by Crippen LogP contribution is -2.00. The summed E-state index contributed by atoms with van der Waals surface area (Å²) in [5.74, 6) is 2.05. The number of aromatic hydroxyl groups is 2. The first-order valence-electron chi connectivity index (χ1n) is 11.6. The summed E-state index contributed by atoms with van der Waals surface area (Å²) in [6.45, 7) is 6.75. The summed E-state index contributed by atoms with van der Waals surface area (Å²) in [6.07, 6.45) is 2.30. The highest BCUT2D eigenvalue weighted by molar-refractivity contribution is 5.86. The van der Waals surface area contributed by atoms with Gasteiger partial charge < -0.3 is 25.9 Å². The number of aromatic amines is 2. The van der Waals surface area contributed by atoms with Gasteiger partial charge in [-0.2, -0.15) is 0 Å². The number of H-pyrrole nitrogens is 2. The highest BCUT2D eigenvalue weighted by atomic mass is 16.3. The largest absolute Gasteiger partial charge is 0.507 e. The highest BCUT2D eigenvalue weighted by Gasteiger charge is 2.18. The van der Waals surface area contributed by atoms with Crippen molar-refractivity contribution in [1.82, 2.24) is 19.9 Å². The molecule has 0 aliphatic rings. The van der Waals surface area contributed by atoms with Crippen LogP contribution in [0.1, 0.15) is 45.1 Å². The second-order valence-corrected chi connectivity index (χ2v) is 9.26. The third kappa shape index (κ3) is 3.94. The van der Waals surface area contributed by atoms with E-state index in [1.807, 2.05) is 12.1 Å². The molecule has 0 amide bonds. The third-order valence-corrected chi connectivity index (χ3v) is 6.66. The lowest BCUT2D eigenvalue weighted by molar-refractivity contribution is 0.463. The van der Waals surface area contributed by atoms with Crippen LogP contribution in [0.2, 0.25) is 0 Å². The molecular formula is C27H29N5O2. The fourth-order valence-electron chi connectivity index (χ4n) is 4.48. The lowest BCUT2D eigenvalue weighted by atomic mass is 9.90. The van der Waals surface area contributed by atoms with E-state index in [1.165, 1.54) is 24.1 Å². The Bertz CT molecular complexity index is 1500. The van der Waals surface area contributed by atoms with Crippen LogP contribution in [0.15, 0.2) is 48.5 Å². The molecule has 0 spiro atoms. The molecule has 0 saturated carbocycles. The summed E-state index contributed by atoms with van der Waals surface area (Å²) in [7, 11) is 0. The quantitative estimate of drug-likeness (QED) is 0.152. The number of nitrogen functional groups attached to an aromatic ring is 1. The van der Waals surface area contributed by atoms with E-state index in [0.717, 1.165) is 28.5 Å². The second-order valence-electron chi connectivity index (χ2n) is 9.26. The summed E-state index contributed by atoms with van der Waals surface area (Å²) < 4.78 is 0. The number of hydrogen-bond acceptors (Lipinski definition) is 5. The first kappa shape index (κ1) is 21.8. The summed E-state index contributed by atoms with van der Waals surface area (Å²) in [4.78, 5) is 15.6. The van der Waals surface area contributed by atoms with Crippen LogP contribution in [0, 0.1) is 5.92 Å². The minimum atomic E-state index is -0.0110. The van der Waals surface area contributed by atoms with Gasteiger partial charge in [-0.15, -0.1) is 0 Å². The molecule has 6 N–H and O–H groups in total. The minimum Gasteiger partial charge on any atom is -0.507 e. The molecule has 0 radical (unpaired) electrons. The average molecular weight is 456 g/mol. The summed E-state index contributed by atoms with van der Waals surface area (Å²) >= 11 is 0. The van der Waals surface area contributed by atoms with Crippen molar-refractivity contribution in [2.75, 3.05) is 5.73 Å². The van der Waals surface area contributed by atoms with Crippen molar-refractivity contribution in [3.63, 3.8) is 0 Å². The lowest BCUT2D eigenvalue weighted by Gasteiger charge is -2.16. The molecule has 0 aliphatic heterocycles. The molecule has 0 bridgehead atoms. The second kappa shape index (κ2) is 8.41. The Balaban J connectivity index is 1.49. The van der Waals surface area contributed by atoms with Crippen LogP contribution in [-0.4, -0.2) is 30.1 Å². The Morgan fingerprint density at radius 3 is 1.97 bits per heavy atom. The molecule has 0 saturated heterocycles. The van der Waals surface area contributed by atoms with Gasteiger partial charge in [0, 0.05) is 5.69 Å². The van der Waals surface area contributed by atoms with E-state index in [1.54, 1.807) is 12.1 Å². The highest BCUT2D eigenvalue weighted by Crippen LogP contribution is 2.39. The molecule has 5 rings (SSSR count). The van der Waals surface area contributed by atoms with E-state index < -0.39 is 0 Å². The van der Waals surface area contributed by atoms with Gasteiger partial charge in [0.1, 0.15) is 23.1 Å². The molecule has 7 heteroatoms. The molecule has 174 valence electrons. The van der Waals surface area contributed by atoms with Gasteiger partial charge in [0.25, 0.3) is 0 Å². The molecular weight excluding hydrogens is 426 g/mol. The Kier molecular flexibility index (Phi) is 5.40. The number of imidazole rings is 2. The summed E-state index contributed by atoms with van der Waals surface area (Å²) in [5.41, 5.74) is 11.7. The smallest absolute Gasteiger partial charge is 0.142 e. The fourth-order valence-corrected chi connectivity index (χ4v) is 4.48. The van der Waals surface area contributed by atoms with Crippen molar-refractivity contribution < 1.29 is 10.2 Å². The molecule has 1 unspecified atom stereocenters. The number of nitrogens with zero attached hydrogens (tertiary/aromatic N) is 2. The molecule has 7 nitrogen and oxygen atoms in total. The monoisotopic (exact) mass is 455 g/mol. The van der Waals surface area contributed by atoms with Gasteiger partial charge in [-0.1, -0.05) is 33.3 Å². The van der Waals surface area contributed by atoms with E-state index >= 15 is 0 Å². The topological polar surface area (TPSA) is 124 Å². The zero-order valence-electron chi connectivity index (χ0n) is 19.6. The summed E-state index contributed by atoms with van der Waals surface area (Å²) in [5, 5.41) is 21.6. The Hall–Kier alpha value is -4.00.